The van der Waals surface area contributed by atoms with E-state index in [1.165, 1.54) is 17.4 Å². The van der Waals surface area contributed by atoms with Crippen molar-refractivity contribution in [3.05, 3.63) is 50.0 Å². The fourth-order valence-corrected chi connectivity index (χ4v) is 4.30. The van der Waals surface area contributed by atoms with Crippen LogP contribution in [-0.2, 0) is 9.47 Å². The second-order valence-electron chi connectivity index (χ2n) is 5.65. The Kier molecular flexibility index (Phi) is 6.92. The van der Waals surface area contributed by atoms with Crippen LogP contribution in [0.4, 0.5) is 5.00 Å². The molecule has 8 heteroatoms. The van der Waals surface area contributed by atoms with Crippen LogP contribution in [0.15, 0.2) is 18.0 Å². The molecule has 27 heavy (non-hydrogen) atoms. The van der Waals surface area contributed by atoms with Crippen LogP contribution < -0.4 is 5.32 Å². The predicted octanol–water partition coefficient (Wildman–Crippen LogP) is 4.51. The molecule has 2 aromatic rings. The summed E-state index contributed by atoms with van der Waals surface area (Å²) in [4.78, 5) is 38.6. The van der Waals surface area contributed by atoms with E-state index in [1.54, 1.807) is 19.2 Å². The average Bonchev–Trinajstić information content (AvgIpc) is 3.13. The third-order valence-electron chi connectivity index (χ3n) is 3.90. The Balaban J connectivity index is 2.42. The molecule has 0 bridgehead atoms. The van der Waals surface area contributed by atoms with Crippen molar-refractivity contribution in [2.45, 2.75) is 27.7 Å². The summed E-state index contributed by atoms with van der Waals surface area (Å²) in [5.41, 5.74) is 2.01. The maximum absolute atomic E-state index is 12.7. The van der Waals surface area contributed by atoms with Gasteiger partial charge in [-0.05, 0) is 38.8 Å². The number of aryl methyl sites for hydroxylation is 1. The Morgan fingerprint density at radius 1 is 1.15 bits per heavy atom. The van der Waals surface area contributed by atoms with Crippen LogP contribution in [0.1, 0.15) is 53.3 Å². The maximum Gasteiger partial charge on any atom is 0.348 e. The fraction of sp³-hybridized carbons (Fsp3) is 0.316. The van der Waals surface area contributed by atoms with E-state index >= 15 is 0 Å². The number of amides is 1. The van der Waals surface area contributed by atoms with Gasteiger partial charge in [-0.2, -0.15) is 0 Å². The quantitative estimate of drug-likeness (QED) is 0.540. The molecule has 1 N–H and O–H groups in total. The lowest BCUT2D eigenvalue weighted by Crippen LogP contribution is -2.15. The van der Waals surface area contributed by atoms with Gasteiger partial charge >= 0.3 is 11.9 Å². The van der Waals surface area contributed by atoms with E-state index in [0.29, 0.717) is 11.1 Å². The molecule has 2 heterocycles. The Labute approximate surface area is 165 Å². The average molecular weight is 408 g/mol. The molecule has 0 aliphatic rings. The monoisotopic (exact) mass is 407 g/mol. The zero-order valence-corrected chi connectivity index (χ0v) is 17.3. The van der Waals surface area contributed by atoms with E-state index in [0.717, 1.165) is 21.8 Å². The van der Waals surface area contributed by atoms with E-state index in [-0.39, 0.29) is 34.6 Å². The lowest BCUT2D eigenvalue weighted by Gasteiger charge is -2.07. The number of carbonyl (C=O) groups excluding carboxylic acids is 3. The normalized spacial score (nSPS) is 10.4. The van der Waals surface area contributed by atoms with Gasteiger partial charge in [-0.1, -0.05) is 12.7 Å². The van der Waals surface area contributed by atoms with Gasteiger partial charge in [0.15, 0.2) is 0 Å². The van der Waals surface area contributed by atoms with Crippen LogP contribution in [0.2, 0.25) is 0 Å². The topological polar surface area (TPSA) is 81.7 Å². The summed E-state index contributed by atoms with van der Waals surface area (Å²) >= 11 is 2.47. The Bertz CT molecular complexity index is 894. The van der Waals surface area contributed by atoms with Gasteiger partial charge in [-0.15, -0.1) is 22.7 Å². The van der Waals surface area contributed by atoms with E-state index in [1.807, 2.05) is 13.8 Å². The first-order chi connectivity index (χ1) is 12.8. The highest BCUT2D eigenvalue weighted by Crippen LogP contribution is 2.35. The number of hydrogen-bond donors (Lipinski definition) is 1. The van der Waals surface area contributed by atoms with E-state index < -0.39 is 11.9 Å². The second kappa shape index (κ2) is 8.96. The van der Waals surface area contributed by atoms with Gasteiger partial charge in [0, 0.05) is 10.3 Å². The molecular weight excluding hydrogens is 386 g/mol. The lowest BCUT2D eigenvalue weighted by atomic mass is 10.1. The summed E-state index contributed by atoms with van der Waals surface area (Å²) in [6, 6.07) is 0. The van der Waals surface area contributed by atoms with Crippen molar-refractivity contribution in [1.29, 1.82) is 0 Å². The molecule has 0 aromatic carbocycles. The predicted molar refractivity (Wildman–Crippen MR) is 107 cm³/mol. The van der Waals surface area contributed by atoms with Crippen molar-refractivity contribution >= 4 is 45.5 Å². The number of esters is 2. The standard InChI is InChI=1S/C19H21NO5S2/c1-6-8-25-19(23)15-11(4)14(18(22)24-7-2)17(27-15)20-16(21)13-9-26-12(5)10(13)3/h6,9H,1,7-8H2,2-5H3,(H,20,21). The number of carbonyl (C=O) groups is 3. The minimum atomic E-state index is -0.595. The molecule has 0 unspecified atom stereocenters. The van der Waals surface area contributed by atoms with Crippen LogP contribution in [0.3, 0.4) is 0 Å². The summed E-state index contributed by atoms with van der Waals surface area (Å²) in [6.07, 6.45) is 1.46. The molecule has 2 aromatic heterocycles. The van der Waals surface area contributed by atoms with E-state index in [2.05, 4.69) is 11.9 Å². The van der Waals surface area contributed by atoms with Crippen molar-refractivity contribution < 1.29 is 23.9 Å². The first-order valence-electron chi connectivity index (χ1n) is 8.26. The van der Waals surface area contributed by atoms with Gasteiger partial charge in [0.1, 0.15) is 16.5 Å². The van der Waals surface area contributed by atoms with Gasteiger partial charge in [0.2, 0.25) is 0 Å². The zero-order chi connectivity index (χ0) is 20.1. The van der Waals surface area contributed by atoms with Crippen LogP contribution in [0.5, 0.6) is 0 Å². The highest BCUT2D eigenvalue weighted by molar-refractivity contribution is 7.18. The van der Waals surface area contributed by atoms with Gasteiger partial charge in [-0.25, -0.2) is 9.59 Å². The molecule has 0 atom stereocenters. The minimum Gasteiger partial charge on any atom is -0.462 e. The molecule has 0 saturated heterocycles. The minimum absolute atomic E-state index is 0.0555. The molecule has 6 nitrogen and oxygen atoms in total. The number of hydrogen-bond acceptors (Lipinski definition) is 7. The first kappa shape index (κ1) is 20.9. The Morgan fingerprint density at radius 3 is 2.41 bits per heavy atom. The van der Waals surface area contributed by atoms with E-state index in [4.69, 9.17) is 9.47 Å². The molecular formula is C19H21NO5S2. The molecule has 0 radical (unpaired) electrons. The highest BCUT2D eigenvalue weighted by Gasteiger charge is 2.28. The Morgan fingerprint density at radius 2 is 1.85 bits per heavy atom. The molecule has 0 spiro atoms. The molecule has 144 valence electrons. The summed E-state index contributed by atoms with van der Waals surface area (Å²) in [7, 11) is 0. The fourth-order valence-electron chi connectivity index (χ4n) is 2.35. The number of thiophene rings is 2. The van der Waals surface area contributed by atoms with Crippen molar-refractivity contribution in [2.24, 2.45) is 0 Å². The summed E-state index contributed by atoms with van der Waals surface area (Å²) in [5, 5.41) is 4.79. The third-order valence-corrected chi connectivity index (χ3v) is 6.10. The first-order valence-corrected chi connectivity index (χ1v) is 9.95. The number of rotatable bonds is 7. The van der Waals surface area contributed by atoms with Crippen LogP contribution in [-0.4, -0.2) is 31.1 Å². The third kappa shape index (κ3) is 4.45. The zero-order valence-electron chi connectivity index (χ0n) is 15.6. The SMILES string of the molecule is C=CCOC(=O)c1sc(NC(=O)c2csc(C)c2C)c(C(=O)OCC)c1C. The van der Waals surface area contributed by atoms with Crippen molar-refractivity contribution in [1.82, 2.24) is 0 Å². The van der Waals surface area contributed by atoms with E-state index in [9.17, 15) is 14.4 Å². The highest BCUT2D eigenvalue weighted by atomic mass is 32.1. The van der Waals surface area contributed by atoms with Gasteiger partial charge in [0.05, 0.1) is 17.7 Å². The van der Waals surface area contributed by atoms with Crippen molar-refractivity contribution in [3.8, 4) is 0 Å². The van der Waals surface area contributed by atoms with Crippen LogP contribution >= 0.6 is 22.7 Å². The Hall–Kier alpha value is -2.45. The van der Waals surface area contributed by atoms with Crippen molar-refractivity contribution in [3.63, 3.8) is 0 Å². The van der Waals surface area contributed by atoms with Crippen LogP contribution in [0.25, 0.3) is 0 Å². The summed E-state index contributed by atoms with van der Waals surface area (Å²) in [6.45, 7) is 10.9. The van der Waals surface area contributed by atoms with Crippen LogP contribution in [0, 0.1) is 20.8 Å². The summed E-state index contributed by atoms with van der Waals surface area (Å²) in [5.74, 6) is -1.51. The van der Waals surface area contributed by atoms with Gasteiger partial charge in [-0.3, -0.25) is 4.79 Å². The van der Waals surface area contributed by atoms with Gasteiger partial charge in [0.25, 0.3) is 5.91 Å². The number of ether oxygens (including phenoxy) is 2. The number of anilines is 1. The molecule has 0 fully saturated rings. The van der Waals surface area contributed by atoms with Gasteiger partial charge < -0.3 is 14.8 Å². The molecule has 0 saturated carbocycles. The summed E-state index contributed by atoms with van der Waals surface area (Å²) < 4.78 is 10.2. The smallest absolute Gasteiger partial charge is 0.348 e. The number of nitrogens with one attached hydrogen (secondary N) is 1. The molecule has 2 rings (SSSR count). The molecule has 0 aliphatic carbocycles. The molecule has 0 aliphatic heterocycles. The lowest BCUT2D eigenvalue weighted by molar-refractivity contribution is 0.0527. The van der Waals surface area contributed by atoms with Crippen molar-refractivity contribution in [2.75, 3.05) is 18.5 Å². The molecule has 1 amide bonds. The largest absolute Gasteiger partial charge is 0.462 e. The maximum atomic E-state index is 12.7. The second-order valence-corrected chi connectivity index (χ2v) is 7.76.